The van der Waals surface area contributed by atoms with Crippen molar-refractivity contribution in [3.8, 4) is 11.5 Å². The molecule has 3 aromatic carbocycles. The zero-order valence-corrected chi connectivity index (χ0v) is 21.7. The van der Waals surface area contributed by atoms with E-state index in [4.69, 9.17) is 21.1 Å². The molecule has 0 bridgehead atoms. The summed E-state index contributed by atoms with van der Waals surface area (Å²) in [6.45, 7) is 1.76. The molecule has 1 aliphatic heterocycles. The summed E-state index contributed by atoms with van der Waals surface area (Å²) in [5.74, 6) is -0.806. The number of amides is 4. The summed E-state index contributed by atoms with van der Waals surface area (Å²) in [5.41, 5.74) is 1.37. The zero-order valence-electron chi connectivity index (χ0n) is 19.4. The number of urea groups is 1. The van der Waals surface area contributed by atoms with Gasteiger partial charge in [-0.2, -0.15) is 0 Å². The molecule has 4 rings (SSSR count). The maximum absolute atomic E-state index is 13.1. The number of anilines is 2. The molecule has 1 saturated heterocycles. The largest absolute Gasteiger partial charge is 0.490 e. The molecule has 0 atom stereocenters. The van der Waals surface area contributed by atoms with Crippen LogP contribution < -0.4 is 25.0 Å². The SMILES string of the molecule is CCOc1cc(/C=C2/NC(=O)N(c3cccc(Cl)c3)C2=O)cc(Br)c1OCC(=O)Nc1ccc(F)cc1. The second-order valence-corrected chi connectivity index (χ2v) is 9.01. The number of carbonyl (C=O) groups excluding carboxylic acids is 3. The van der Waals surface area contributed by atoms with E-state index in [-0.39, 0.29) is 18.1 Å². The Morgan fingerprint density at radius 1 is 1.14 bits per heavy atom. The number of carbonyl (C=O) groups is 3. The monoisotopic (exact) mass is 587 g/mol. The zero-order chi connectivity index (χ0) is 26.5. The van der Waals surface area contributed by atoms with Crippen molar-refractivity contribution >= 4 is 62.8 Å². The standard InChI is InChI=1S/C26H20BrClFN3O5/c1-2-36-22-12-15(11-21-25(34)32(26(35)31-21)19-5-3-4-16(28)13-19)10-20(27)24(22)37-14-23(33)30-18-8-6-17(29)7-9-18/h3-13H,2,14H2,1H3,(H,30,33)(H,31,35)/b21-11+. The predicted octanol–water partition coefficient (Wildman–Crippen LogP) is 5.76. The van der Waals surface area contributed by atoms with Crippen molar-refractivity contribution in [2.45, 2.75) is 6.92 Å². The molecule has 190 valence electrons. The Morgan fingerprint density at radius 3 is 2.59 bits per heavy atom. The highest BCUT2D eigenvalue weighted by atomic mass is 79.9. The fraction of sp³-hybridized carbons (Fsp3) is 0.115. The summed E-state index contributed by atoms with van der Waals surface area (Å²) >= 11 is 9.42. The quantitative estimate of drug-likeness (QED) is 0.258. The molecule has 0 saturated carbocycles. The van der Waals surface area contributed by atoms with Gasteiger partial charge in [0.1, 0.15) is 11.5 Å². The lowest BCUT2D eigenvalue weighted by molar-refractivity contribution is -0.118. The predicted molar refractivity (Wildman–Crippen MR) is 141 cm³/mol. The van der Waals surface area contributed by atoms with E-state index in [1.54, 1.807) is 37.3 Å². The molecule has 1 fully saturated rings. The van der Waals surface area contributed by atoms with Crippen LogP contribution in [0.3, 0.4) is 0 Å². The normalized spacial score (nSPS) is 14.1. The molecular formula is C26H20BrClFN3O5. The maximum Gasteiger partial charge on any atom is 0.333 e. The number of hydrogen-bond acceptors (Lipinski definition) is 5. The van der Waals surface area contributed by atoms with E-state index in [2.05, 4.69) is 26.6 Å². The number of nitrogens with one attached hydrogen (secondary N) is 2. The molecule has 0 aromatic heterocycles. The molecular weight excluding hydrogens is 569 g/mol. The van der Waals surface area contributed by atoms with Gasteiger partial charge in [-0.15, -0.1) is 0 Å². The summed E-state index contributed by atoms with van der Waals surface area (Å²) in [4.78, 5) is 38.7. The lowest BCUT2D eigenvalue weighted by Gasteiger charge is -2.15. The Morgan fingerprint density at radius 2 is 1.89 bits per heavy atom. The Kier molecular flexibility index (Phi) is 8.10. The number of hydrogen-bond donors (Lipinski definition) is 2. The Labute approximate surface area is 225 Å². The van der Waals surface area contributed by atoms with E-state index in [9.17, 15) is 18.8 Å². The Hall–Kier alpha value is -3.89. The first-order valence-corrected chi connectivity index (χ1v) is 12.2. The van der Waals surface area contributed by atoms with Crippen LogP contribution >= 0.6 is 27.5 Å². The fourth-order valence-corrected chi connectivity index (χ4v) is 4.25. The minimum Gasteiger partial charge on any atom is -0.490 e. The first-order valence-electron chi connectivity index (χ1n) is 11.0. The van der Waals surface area contributed by atoms with Gasteiger partial charge in [-0.3, -0.25) is 9.59 Å². The highest BCUT2D eigenvalue weighted by molar-refractivity contribution is 9.10. The summed E-state index contributed by atoms with van der Waals surface area (Å²) in [5, 5.41) is 5.57. The first-order chi connectivity index (χ1) is 17.7. The highest BCUT2D eigenvalue weighted by Crippen LogP contribution is 2.38. The molecule has 1 heterocycles. The molecule has 0 radical (unpaired) electrons. The third kappa shape index (κ3) is 6.28. The van der Waals surface area contributed by atoms with Gasteiger partial charge >= 0.3 is 6.03 Å². The van der Waals surface area contributed by atoms with Crippen molar-refractivity contribution in [3.63, 3.8) is 0 Å². The van der Waals surface area contributed by atoms with Crippen LogP contribution in [0, 0.1) is 5.82 Å². The molecule has 3 aromatic rings. The van der Waals surface area contributed by atoms with Gasteiger partial charge < -0.3 is 20.1 Å². The molecule has 0 aliphatic carbocycles. The van der Waals surface area contributed by atoms with E-state index in [0.717, 1.165) is 4.90 Å². The molecule has 0 unspecified atom stereocenters. The molecule has 4 amide bonds. The average Bonchev–Trinajstić information content (AvgIpc) is 3.12. The number of halogens is 3. The lowest BCUT2D eigenvalue weighted by Crippen LogP contribution is -2.30. The maximum atomic E-state index is 13.1. The van der Waals surface area contributed by atoms with E-state index in [1.807, 2.05) is 0 Å². The third-order valence-electron chi connectivity index (χ3n) is 5.06. The lowest BCUT2D eigenvalue weighted by atomic mass is 10.1. The van der Waals surface area contributed by atoms with Crippen molar-refractivity contribution in [3.05, 3.63) is 87.2 Å². The summed E-state index contributed by atoms with van der Waals surface area (Å²) in [6.07, 6.45) is 1.50. The van der Waals surface area contributed by atoms with Gasteiger partial charge in [-0.25, -0.2) is 14.1 Å². The molecule has 1 aliphatic rings. The molecule has 8 nitrogen and oxygen atoms in total. The van der Waals surface area contributed by atoms with Crippen LogP contribution in [0.25, 0.3) is 6.08 Å². The highest BCUT2D eigenvalue weighted by Gasteiger charge is 2.35. The van der Waals surface area contributed by atoms with Crippen LogP contribution in [0.5, 0.6) is 11.5 Å². The van der Waals surface area contributed by atoms with Crippen LogP contribution in [-0.2, 0) is 9.59 Å². The molecule has 11 heteroatoms. The van der Waals surface area contributed by atoms with E-state index < -0.39 is 23.7 Å². The van der Waals surface area contributed by atoms with Gasteiger partial charge in [-0.05, 0) is 89.1 Å². The van der Waals surface area contributed by atoms with E-state index in [1.165, 1.54) is 36.4 Å². The van der Waals surface area contributed by atoms with E-state index in [0.29, 0.717) is 38.8 Å². The third-order valence-corrected chi connectivity index (χ3v) is 5.89. The van der Waals surface area contributed by atoms with Crippen LogP contribution in [-0.4, -0.2) is 31.1 Å². The minimum atomic E-state index is -0.602. The van der Waals surface area contributed by atoms with Crippen LogP contribution in [0.2, 0.25) is 5.02 Å². The number of benzene rings is 3. The van der Waals surface area contributed by atoms with Gasteiger partial charge in [0.2, 0.25) is 0 Å². The Balaban J connectivity index is 1.52. The summed E-state index contributed by atoms with van der Waals surface area (Å²) in [7, 11) is 0. The Bertz CT molecular complexity index is 1400. The molecule has 37 heavy (non-hydrogen) atoms. The topological polar surface area (TPSA) is 97.0 Å². The van der Waals surface area contributed by atoms with Crippen molar-refractivity contribution in [1.29, 1.82) is 0 Å². The van der Waals surface area contributed by atoms with E-state index >= 15 is 0 Å². The molecule has 2 N–H and O–H groups in total. The minimum absolute atomic E-state index is 0.0617. The van der Waals surface area contributed by atoms with Gasteiger partial charge in [0.05, 0.1) is 16.8 Å². The number of imide groups is 1. The van der Waals surface area contributed by atoms with Crippen LogP contribution in [0.4, 0.5) is 20.6 Å². The summed E-state index contributed by atoms with van der Waals surface area (Å²) in [6, 6.07) is 14.4. The van der Waals surface area contributed by atoms with Crippen LogP contribution in [0.15, 0.2) is 70.8 Å². The van der Waals surface area contributed by atoms with Crippen molar-refractivity contribution in [1.82, 2.24) is 5.32 Å². The fourth-order valence-electron chi connectivity index (χ4n) is 3.49. The average molecular weight is 589 g/mol. The first kappa shape index (κ1) is 26.2. The second-order valence-electron chi connectivity index (χ2n) is 7.72. The second kappa shape index (κ2) is 11.4. The van der Waals surface area contributed by atoms with Crippen molar-refractivity contribution in [2.24, 2.45) is 0 Å². The van der Waals surface area contributed by atoms with Crippen molar-refractivity contribution < 1.29 is 28.2 Å². The summed E-state index contributed by atoms with van der Waals surface area (Å²) < 4.78 is 24.9. The van der Waals surface area contributed by atoms with Gasteiger partial charge in [-0.1, -0.05) is 17.7 Å². The van der Waals surface area contributed by atoms with Crippen LogP contribution in [0.1, 0.15) is 12.5 Å². The van der Waals surface area contributed by atoms with Gasteiger partial charge in [0, 0.05) is 10.7 Å². The number of ether oxygens (including phenoxy) is 2. The van der Waals surface area contributed by atoms with Crippen molar-refractivity contribution in [2.75, 3.05) is 23.4 Å². The van der Waals surface area contributed by atoms with Gasteiger partial charge in [0.15, 0.2) is 18.1 Å². The number of nitrogens with zero attached hydrogens (tertiary/aromatic N) is 1. The number of rotatable bonds is 8. The molecule has 0 spiro atoms. The van der Waals surface area contributed by atoms with Gasteiger partial charge in [0.25, 0.3) is 11.8 Å². The smallest absolute Gasteiger partial charge is 0.333 e.